The topological polar surface area (TPSA) is 48.5 Å². The highest BCUT2D eigenvalue weighted by Crippen LogP contribution is 2.31. The van der Waals surface area contributed by atoms with Crippen LogP contribution < -0.4 is 0 Å². The number of alkyl halides is 2. The molecule has 21 heavy (non-hydrogen) atoms. The molecule has 0 bridgehead atoms. The Morgan fingerprint density at radius 3 is 2.57 bits per heavy atom. The number of hydrogen-bond acceptors (Lipinski definition) is 3. The monoisotopic (exact) mass is 291 g/mol. The largest absolute Gasteiger partial charge is 0.272 e. The van der Waals surface area contributed by atoms with Gasteiger partial charge in [-0.05, 0) is 19.9 Å². The Kier molecular flexibility index (Phi) is 3.19. The molecule has 0 aliphatic heterocycles. The maximum absolute atomic E-state index is 13.3. The molecule has 0 aliphatic carbocycles. The summed E-state index contributed by atoms with van der Waals surface area (Å²) in [6.07, 6.45) is 0.527. The van der Waals surface area contributed by atoms with Crippen LogP contribution in [0.2, 0.25) is 0 Å². The quantitative estimate of drug-likeness (QED) is 0.745. The highest BCUT2D eigenvalue weighted by atomic mass is 19.3. The average molecular weight is 291 g/mol. The fourth-order valence-corrected chi connectivity index (χ4v) is 2.37. The maximum atomic E-state index is 13.3. The van der Waals surface area contributed by atoms with Crippen LogP contribution in [0.5, 0.6) is 0 Å². The van der Waals surface area contributed by atoms with Crippen molar-refractivity contribution in [3.63, 3.8) is 0 Å². The molecule has 3 aromatic heterocycles. The van der Waals surface area contributed by atoms with Gasteiger partial charge < -0.3 is 0 Å². The second kappa shape index (κ2) is 4.91. The van der Waals surface area contributed by atoms with Gasteiger partial charge in [0.15, 0.2) is 5.65 Å². The van der Waals surface area contributed by atoms with Gasteiger partial charge in [0.05, 0.1) is 18.1 Å². The van der Waals surface area contributed by atoms with Crippen molar-refractivity contribution in [2.45, 2.75) is 26.8 Å². The minimum absolute atomic E-state index is 0.0436. The van der Waals surface area contributed by atoms with Crippen molar-refractivity contribution in [2.24, 2.45) is 7.05 Å². The lowest BCUT2D eigenvalue weighted by atomic mass is 10.1. The zero-order valence-corrected chi connectivity index (χ0v) is 12.0. The van der Waals surface area contributed by atoms with Crippen molar-refractivity contribution in [2.75, 3.05) is 0 Å². The molecule has 0 aromatic carbocycles. The minimum Gasteiger partial charge on any atom is -0.272 e. The van der Waals surface area contributed by atoms with Crippen molar-refractivity contribution in [1.29, 1.82) is 0 Å². The van der Waals surface area contributed by atoms with E-state index in [1.807, 2.05) is 20.9 Å². The molecular formula is C14H15F2N5. The minimum atomic E-state index is -2.57. The molecule has 0 atom stereocenters. The third-order valence-corrected chi connectivity index (χ3v) is 3.69. The SMILES string of the molecule is CCn1ncc2c(C(F)F)cc(-c3cnn(C)c3C)nc21. The standard InChI is InChI=1S/C14H15F2N5/c1-4-21-14-11(7-18-21)9(13(15)16)5-12(19-14)10-6-17-20(3)8(10)2/h5-7,13H,4H2,1-3H3. The molecule has 3 heterocycles. The summed E-state index contributed by atoms with van der Waals surface area (Å²) in [6, 6.07) is 1.43. The van der Waals surface area contributed by atoms with E-state index in [1.165, 1.54) is 12.3 Å². The van der Waals surface area contributed by atoms with E-state index in [9.17, 15) is 8.78 Å². The summed E-state index contributed by atoms with van der Waals surface area (Å²) < 4.78 is 30.0. The molecule has 0 amide bonds. The van der Waals surface area contributed by atoms with Crippen LogP contribution in [0.15, 0.2) is 18.5 Å². The summed E-state index contributed by atoms with van der Waals surface area (Å²) in [4.78, 5) is 4.51. The van der Waals surface area contributed by atoms with Gasteiger partial charge in [-0.25, -0.2) is 18.4 Å². The second-order valence-electron chi connectivity index (χ2n) is 4.86. The molecule has 0 unspecified atom stereocenters. The molecule has 0 fully saturated rings. The molecule has 110 valence electrons. The molecule has 0 N–H and O–H groups in total. The number of nitrogens with zero attached hydrogens (tertiary/aromatic N) is 5. The fraction of sp³-hybridized carbons (Fsp3) is 0.357. The Balaban J connectivity index is 2.31. The first kappa shape index (κ1) is 13.7. The van der Waals surface area contributed by atoms with E-state index in [4.69, 9.17) is 0 Å². The molecule has 0 spiro atoms. The summed E-state index contributed by atoms with van der Waals surface area (Å²) in [6.45, 7) is 4.36. The zero-order chi connectivity index (χ0) is 15.1. The van der Waals surface area contributed by atoms with Crippen molar-refractivity contribution in [3.05, 3.63) is 29.7 Å². The van der Waals surface area contributed by atoms with Crippen molar-refractivity contribution < 1.29 is 8.78 Å². The van der Waals surface area contributed by atoms with Gasteiger partial charge in [-0.3, -0.25) is 4.68 Å². The number of hydrogen-bond donors (Lipinski definition) is 0. The van der Waals surface area contributed by atoms with Crippen molar-refractivity contribution in [3.8, 4) is 11.3 Å². The lowest BCUT2D eigenvalue weighted by Crippen LogP contribution is -2.00. The van der Waals surface area contributed by atoms with E-state index >= 15 is 0 Å². The third-order valence-electron chi connectivity index (χ3n) is 3.69. The Labute approximate surface area is 120 Å². The fourth-order valence-electron chi connectivity index (χ4n) is 2.37. The molecule has 3 rings (SSSR count). The molecule has 5 nitrogen and oxygen atoms in total. The van der Waals surface area contributed by atoms with Crippen LogP contribution in [0.1, 0.15) is 24.6 Å². The predicted molar refractivity (Wildman–Crippen MR) is 75.1 cm³/mol. The summed E-state index contributed by atoms with van der Waals surface area (Å²) in [5, 5.41) is 8.66. The van der Waals surface area contributed by atoms with Gasteiger partial charge in [-0.2, -0.15) is 10.2 Å². The molecule has 0 radical (unpaired) electrons. The van der Waals surface area contributed by atoms with Crippen LogP contribution in [0, 0.1) is 6.92 Å². The Morgan fingerprint density at radius 2 is 2.00 bits per heavy atom. The van der Waals surface area contributed by atoms with Gasteiger partial charge in [0.25, 0.3) is 6.43 Å². The van der Waals surface area contributed by atoms with Gasteiger partial charge in [0.2, 0.25) is 0 Å². The molecule has 0 aliphatic rings. The van der Waals surface area contributed by atoms with E-state index in [1.54, 1.807) is 15.6 Å². The first-order chi connectivity index (χ1) is 10.0. The number of halogens is 2. The number of fused-ring (bicyclic) bond motifs is 1. The summed E-state index contributed by atoms with van der Waals surface area (Å²) in [5.74, 6) is 0. The third kappa shape index (κ3) is 2.09. The average Bonchev–Trinajstić information content (AvgIpc) is 3.02. The summed E-state index contributed by atoms with van der Waals surface area (Å²) in [7, 11) is 1.81. The number of aromatic nitrogens is 5. The maximum Gasteiger partial charge on any atom is 0.264 e. The lowest BCUT2D eigenvalue weighted by molar-refractivity contribution is 0.153. The highest BCUT2D eigenvalue weighted by Gasteiger charge is 2.19. The molecular weight excluding hydrogens is 276 g/mol. The van der Waals surface area contributed by atoms with Crippen LogP contribution in [0.3, 0.4) is 0 Å². The first-order valence-corrected chi connectivity index (χ1v) is 6.66. The van der Waals surface area contributed by atoms with Crippen LogP contribution in [-0.4, -0.2) is 24.5 Å². The smallest absolute Gasteiger partial charge is 0.264 e. The molecule has 3 aromatic rings. The summed E-state index contributed by atoms with van der Waals surface area (Å²) in [5.41, 5.74) is 2.57. The van der Waals surface area contributed by atoms with Gasteiger partial charge in [-0.1, -0.05) is 0 Å². The van der Waals surface area contributed by atoms with Gasteiger partial charge in [0.1, 0.15) is 0 Å². The number of pyridine rings is 1. The van der Waals surface area contributed by atoms with E-state index in [0.29, 0.717) is 23.3 Å². The number of aryl methyl sites for hydroxylation is 2. The molecule has 7 heteroatoms. The Bertz CT molecular complexity index is 803. The van der Waals surface area contributed by atoms with Crippen molar-refractivity contribution >= 4 is 11.0 Å². The number of rotatable bonds is 3. The Hall–Kier alpha value is -2.31. The van der Waals surface area contributed by atoms with Gasteiger partial charge in [0, 0.05) is 35.8 Å². The molecule has 0 saturated heterocycles. The normalized spacial score (nSPS) is 11.7. The van der Waals surface area contributed by atoms with E-state index in [-0.39, 0.29) is 5.56 Å². The summed E-state index contributed by atoms with van der Waals surface area (Å²) >= 11 is 0. The van der Waals surface area contributed by atoms with Crippen LogP contribution in [-0.2, 0) is 13.6 Å². The van der Waals surface area contributed by atoms with Crippen LogP contribution >= 0.6 is 0 Å². The second-order valence-corrected chi connectivity index (χ2v) is 4.86. The van der Waals surface area contributed by atoms with E-state index < -0.39 is 6.43 Å². The highest BCUT2D eigenvalue weighted by molar-refractivity contribution is 5.82. The zero-order valence-electron chi connectivity index (χ0n) is 12.0. The molecule has 0 saturated carbocycles. The van der Waals surface area contributed by atoms with E-state index in [0.717, 1.165) is 11.3 Å². The van der Waals surface area contributed by atoms with Crippen LogP contribution in [0.25, 0.3) is 22.3 Å². The van der Waals surface area contributed by atoms with Gasteiger partial charge in [-0.15, -0.1) is 0 Å². The first-order valence-electron chi connectivity index (χ1n) is 6.66. The van der Waals surface area contributed by atoms with E-state index in [2.05, 4.69) is 15.2 Å². The van der Waals surface area contributed by atoms with Crippen molar-refractivity contribution in [1.82, 2.24) is 24.5 Å². The van der Waals surface area contributed by atoms with Crippen LogP contribution in [0.4, 0.5) is 8.78 Å². The van der Waals surface area contributed by atoms with Gasteiger partial charge >= 0.3 is 0 Å². The Morgan fingerprint density at radius 1 is 1.24 bits per heavy atom. The predicted octanol–water partition coefficient (Wildman–Crippen LogP) is 3.10. The lowest BCUT2D eigenvalue weighted by Gasteiger charge is -2.07.